The van der Waals surface area contributed by atoms with E-state index in [0.717, 1.165) is 50.0 Å². The second kappa shape index (κ2) is 7.75. The predicted molar refractivity (Wildman–Crippen MR) is 103 cm³/mol. The summed E-state index contributed by atoms with van der Waals surface area (Å²) < 4.78 is 13.1. The van der Waals surface area contributed by atoms with Crippen molar-refractivity contribution in [2.45, 2.75) is 76.8 Å². The molecule has 3 unspecified atom stereocenters. The third-order valence-corrected chi connectivity index (χ3v) is 6.49. The Balaban J connectivity index is 1.33. The minimum atomic E-state index is 0.306. The van der Waals surface area contributed by atoms with Gasteiger partial charge in [-0.25, -0.2) is 9.67 Å². The van der Waals surface area contributed by atoms with E-state index in [1.807, 2.05) is 11.7 Å². The minimum Gasteiger partial charge on any atom is -0.378 e. The van der Waals surface area contributed by atoms with E-state index in [0.29, 0.717) is 30.2 Å². The second-order valence-electron chi connectivity index (χ2n) is 7.97. The minimum absolute atomic E-state index is 0.306. The smallest absolute Gasteiger partial charge is 0.191 e. The lowest BCUT2D eigenvalue weighted by Gasteiger charge is -2.61. The molecule has 4 rings (SSSR count). The van der Waals surface area contributed by atoms with Gasteiger partial charge in [-0.1, -0.05) is 6.42 Å². The van der Waals surface area contributed by atoms with E-state index < -0.39 is 0 Å². The highest BCUT2D eigenvalue weighted by Gasteiger charge is 2.59. The summed E-state index contributed by atoms with van der Waals surface area (Å²) >= 11 is 0. The zero-order valence-electron chi connectivity index (χ0n) is 16.7. The molecule has 8 heteroatoms. The van der Waals surface area contributed by atoms with Gasteiger partial charge in [0.05, 0.1) is 12.6 Å². The van der Waals surface area contributed by atoms with Crippen LogP contribution in [0.25, 0.3) is 0 Å². The fourth-order valence-corrected chi connectivity index (χ4v) is 4.84. The Morgan fingerprint density at radius 3 is 2.89 bits per heavy atom. The maximum atomic E-state index is 5.96. The first-order valence-electron chi connectivity index (χ1n) is 10.2. The maximum absolute atomic E-state index is 5.96. The molecule has 8 nitrogen and oxygen atoms in total. The third-order valence-electron chi connectivity index (χ3n) is 6.49. The lowest BCUT2D eigenvalue weighted by atomic mass is 9.51. The van der Waals surface area contributed by atoms with Crippen molar-refractivity contribution in [2.24, 2.45) is 10.4 Å². The Morgan fingerprint density at radius 1 is 1.37 bits per heavy atom. The van der Waals surface area contributed by atoms with Crippen LogP contribution in [-0.4, -0.2) is 59.7 Å². The highest BCUT2D eigenvalue weighted by atomic mass is 16.5. The molecular formula is C19H32N6O2. The molecule has 3 atom stereocenters. The normalized spacial score (nSPS) is 29.0. The molecule has 0 aromatic carbocycles. The Bertz CT molecular complexity index is 684. The van der Waals surface area contributed by atoms with E-state index in [4.69, 9.17) is 9.47 Å². The van der Waals surface area contributed by atoms with Crippen LogP contribution in [-0.2, 0) is 29.0 Å². The molecule has 27 heavy (non-hydrogen) atoms. The molecule has 1 aliphatic heterocycles. The highest BCUT2D eigenvalue weighted by Crippen LogP contribution is 2.57. The van der Waals surface area contributed by atoms with Crippen LogP contribution in [0, 0.1) is 5.41 Å². The summed E-state index contributed by atoms with van der Waals surface area (Å²) in [5.41, 5.74) is 0.328. The molecule has 2 N–H and O–H groups in total. The lowest BCUT2D eigenvalue weighted by Crippen LogP contribution is -2.69. The van der Waals surface area contributed by atoms with Crippen molar-refractivity contribution in [3.8, 4) is 0 Å². The number of nitrogens with zero attached hydrogens (tertiary/aromatic N) is 4. The van der Waals surface area contributed by atoms with Crippen LogP contribution in [0.2, 0.25) is 0 Å². The van der Waals surface area contributed by atoms with Crippen molar-refractivity contribution in [1.29, 1.82) is 0 Å². The van der Waals surface area contributed by atoms with Crippen molar-refractivity contribution in [3.05, 3.63) is 11.6 Å². The van der Waals surface area contributed by atoms with Crippen LogP contribution in [0.3, 0.4) is 0 Å². The molecule has 150 valence electrons. The number of guanidine groups is 1. The van der Waals surface area contributed by atoms with Gasteiger partial charge in [-0.2, -0.15) is 5.10 Å². The summed E-state index contributed by atoms with van der Waals surface area (Å²) in [7, 11) is 3.52. The van der Waals surface area contributed by atoms with Gasteiger partial charge in [0.25, 0.3) is 0 Å². The Hall–Kier alpha value is -1.67. The fraction of sp³-hybridized carbons (Fsp3) is 0.842. The molecule has 0 saturated heterocycles. The van der Waals surface area contributed by atoms with Crippen LogP contribution < -0.4 is 10.6 Å². The number of nitrogens with one attached hydrogen (secondary N) is 2. The third kappa shape index (κ3) is 3.45. The molecule has 2 heterocycles. The lowest BCUT2D eigenvalue weighted by molar-refractivity contribution is -0.168. The zero-order chi connectivity index (χ0) is 18.9. The molecule has 3 aliphatic rings. The van der Waals surface area contributed by atoms with Crippen molar-refractivity contribution in [1.82, 2.24) is 25.4 Å². The van der Waals surface area contributed by atoms with E-state index in [2.05, 4.69) is 32.6 Å². The first-order chi connectivity index (χ1) is 13.2. The van der Waals surface area contributed by atoms with Crippen molar-refractivity contribution in [2.75, 3.05) is 20.8 Å². The summed E-state index contributed by atoms with van der Waals surface area (Å²) in [6, 6.07) is 0.772. The van der Waals surface area contributed by atoms with E-state index >= 15 is 0 Å². The second-order valence-corrected chi connectivity index (χ2v) is 7.97. The van der Waals surface area contributed by atoms with Gasteiger partial charge in [-0.05, 0) is 32.6 Å². The number of rotatable bonds is 6. The van der Waals surface area contributed by atoms with E-state index in [9.17, 15) is 0 Å². The number of ether oxygens (including phenoxy) is 2. The van der Waals surface area contributed by atoms with Crippen LogP contribution in [0.5, 0.6) is 0 Å². The molecule has 0 bridgehead atoms. The van der Waals surface area contributed by atoms with Gasteiger partial charge in [0, 0.05) is 44.7 Å². The molecule has 1 aromatic rings. The first-order valence-corrected chi connectivity index (χ1v) is 10.2. The summed E-state index contributed by atoms with van der Waals surface area (Å²) in [5, 5.41) is 11.8. The van der Waals surface area contributed by atoms with Gasteiger partial charge in [0.15, 0.2) is 11.8 Å². The van der Waals surface area contributed by atoms with E-state index in [1.165, 1.54) is 19.3 Å². The van der Waals surface area contributed by atoms with Gasteiger partial charge in [-0.3, -0.25) is 4.99 Å². The van der Waals surface area contributed by atoms with Gasteiger partial charge in [0.2, 0.25) is 0 Å². The number of aryl methyl sites for hydroxylation is 1. The summed E-state index contributed by atoms with van der Waals surface area (Å²) in [6.45, 7) is 4.17. The zero-order valence-corrected chi connectivity index (χ0v) is 16.7. The molecule has 0 amide bonds. The molecule has 0 radical (unpaired) electrons. The van der Waals surface area contributed by atoms with E-state index in [1.54, 1.807) is 7.11 Å². The van der Waals surface area contributed by atoms with Gasteiger partial charge < -0.3 is 20.1 Å². The van der Waals surface area contributed by atoms with Crippen molar-refractivity contribution < 1.29 is 9.47 Å². The van der Waals surface area contributed by atoms with E-state index in [-0.39, 0.29) is 0 Å². The number of aliphatic imine (C=N–C) groups is 1. The molecule has 2 fully saturated rings. The summed E-state index contributed by atoms with van der Waals surface area (Å²) in [6.07, 6.45) is 7.29. The standard InChI is InChI=1S/C19H32N6O2/c1-4-27-15-10-14(19(15)8-5-9-19)22-18(20-2)21-13-6-7-17-23-16(12-26-3)24-25(17)11-13/h13-15H,4-12H2,1-3H3,(H2,20,21,22). The number of hydrogen-bond donors (Lipinski definition) is 2. The Labute approximate surface area is 161 Å². The fourth-order valence-electron chi connectivity index (χ4n) is 4.84. The maximum Gasteiger partial charge on any atom is 0.191 e. The molecule has 1 aromatic heterocycles. The summed E-state index contributed by atoms with van der Waals surface area (Å²) in [5.74, 6) is 2.71. The van der Waals surface area contributed by atoms with Gasteiger partial charge in [-0.15, -0.1) is 0 Å². The van der Waals surface area contributed by atoms with Crippen LogP contribution in [0.1, 0.15) is 50.7 Å². The molecule has 2 aliphatic carbocycles. The summed E-state index contributed by atoms with van der Waals surface area (Å²) in [4.78, 5) is 9.03. The van der Waals surface area contributed by atoms with Gasteiger partial charge in [0.1, 0.15) is 12.4 Å². The monoisotopic (exact) mass is 376 g/mol. The van der Waals surface area contributed by atoms with Crippen molar-refractivity contribution >= 4 is 5.96 Å². The van der Waals surface area contributed by atoms with Crippen LogP contribution in [0.15, 0.2) is 4.99 Å². The molecular weight excluding hydrogens is 344 g/mol. The Kier molecular flexibility index (Phi) is 5.36. The highest BCUT2D eigenvalue weighted by molar-refractivity contribution is 5.80. The van der Waals surface area contributed by atoms with Crippen LogP contribution in [0.4, 0.5) is 0 Å². The topological polar surface area (TPSA) is 85.6 Å². The molecule has 1 spiro atoms. The van der Waals surface area contributed by atoms with Gasteiger partial charge >= 0.3 is 0 Å². The SMILES string of the molecule is CCOC1CC(NC(=NC)NC2CCc3nc(COC)nn3C2)C12CCC2. The number of hydrogen-bond acceptors (Lipinski definition) is 5. The first kappa shape index (κ1) is 18.7. The number of fused-ring (bicyclic) bond motifs is 1. The number of aromatic nitrogens is 3. The Morgan fingerprint density at radius 2 is 2.22 bits per heavy atom. The van der Waals surface area contributed by atoms with Crippen molar-refractivity contribution in [3.63, 3.8) is 0 Å². The molecule has 2 saturated carbocycles. The average molecular weight is 377 g/mol. The largest absolute Gasteiger partial charge is 0.378 e. The predicted octanol–water partition coefficient (Wildman–Crippen LogP) is 1.25. The quantitative estimate of drug-likeness (QED) is 0.574. The van der Waals surface area contributed by atoms with Crippen LogP contribution >= 0.6 is 0 Å². The number of methoxy groups -OCH3 is 1. The average Bonchev–Trinajstić information content (AvgIpc) is 3.00.